The molecular weight excluding hydrogens is 268 g/mol. The van der Waals surface area contributed by atoms with Crippen molar-refractivity contribution in [1.29, 1.82) is 0 Å². The van der Waals surface area contributed by atoms with Crippen LogP contribution in [0, 0.1) is 11.8 Å². The summed E-state index contributed by atoms with van der Waals surface area (Å²) >= 11 is 1.70. The predicted octanol–water partition coefficient (Wildman–Crippen LogP) is 2.77. The minimum absolute atomic E-state index is 0.164. The first kappa shape index (κ1) is 13.9. The minimum Gasteiger partial charge on any atom is -0.355 e. The topological polar surface area (TPSA) is 46.6 Å². The largest absolute Gasteiger partial charge is 0.355 e. The van der Waals surface area contributed by atoms with E-state index in [-0.39, 0.29) is 6.04 Å². The van der Waals surface area contributed by atoms with Gasteiger partial charge in [0.1, 0.15) is 0 Å². The molecule has 0 spiro atoms. The maximum Gasteiger partial charge on any atom is 0.195 e. The van der Waals surface area contributed by atoms with Crippen molar-refractivity contribution in [3.63, 3.8) is 0 Å². The number of hydrogen-bond acceptors (Lipinski definition) is 4. The van der Waals surface area contributed by atoms with Gasteiger partial charge in [0.25, 0.3) is 0 Å². The van der Waals surface area contributed by atoms with Crippen molar-refractivity contribution in [1.82, 2.24) is 9.38 Å². The van der Waals surface area contributed by atoms with E-state index in [1.807, 2.05) is 0 Å². The lowest BCUT2D eigenvalue weighted by Gasteiger charge is -2.19. The summed E-state index contributed by atoms with van der Waals surface area (Å²) in [5, 5.41) is 2.09. The fourth-order valence-corrected chi connectivity index (χ4v) is 3.82. The van der Waals surface area contributed by atoms with Crippen LogP contribution in [0.2, 0.25) is 0 Å². The van der Waals surface area contributed by atoms with E-state index in [2.05, 4.69) is 41.6 Å². The van der Waals surface area contributed by atoms with E-state index in [1.165, 1.54) is 12.1 Å². The quantitative estimate of drug-likeness (QED) is 0.942. The number of aromatic nitrogens is 2. The zero-order chi connectivity index (χ0) is 14.3. The standard InChI is InChI=1S/C15H24N4S/c1-10(2)12-4-5-18(9-12)14-13(8-11(3)16)19-6-7-20-15(19)17-14/h6-7,10-12H,4-5,8-9,16H2,1-3H3. The Morgan fingerprint density at radius 1 is 1.45 bits per heavy atom. The Labute approximate surface area is 124 Å². The first-order valence-corrected chi connectivity index (χ1v) is 8.39. The molecule has 0 saturated carbocycles. The molecule has 3 rings (SSSR count). The molecule has 2 aromatic rings. The van der Waals surface area contributed by atoms with Crippen LogP contribution in [0.5, 0.6) is 0 Å². The van der Waals surface area contributed by atoms with Crippen LogP contribution in [0.15, 0.2) is 11.6 Å². The van der Waals surface area contributed by atoms with E-state index in [4.69, 9.17) is 10.7 Å². The van der Waals surface area contributed by atoms with Crippen LogP contribution in [-0.2, 0) is 6.42 Å². The summed E-state index contributed by atoms with van der Waals surface area (Å²) < 4.78 is 2.21. The van der Waals surface area contributed by atoms with Crippen molar-refractivity contribution in [2.24, 2.45) is 17.6 Å². The van der Waals surface area contributed by atoms with Gasteiger partial charge in [0.2, 0.25) is 0 Å². The van der Waals surface area contributed by atoms with Gasteiger partial charge in [-0.1, -0.05) is 13.8 Å². The molecule has 1 aliphatic rings. The SMILES string of the molecule is CC(N)Cc1c(N2CCC(C(C)C)C2)nc2sccn12. The third-order valence-electron chi connectivity index (χ3n) is 4.32. The van der Waals surface area contributed by atoms with Gasteiger partial charge in [-0.2, -0.15) is 0 Å². The van der Waals surface area contributed by atoms with Crippen molar-refractivity contribution in [3.8, 4) is 0 Å². The molecule has 2 unspecified atom stereocenters. The second-order valence-corrected chi connectivity index (χ2v) is 7.23. The molecule has 1 aliphatic heterocycles. The average molecular weight is 292 g/mol. The van der Waals surface area contributed by atoms with Gasteiger partial charge in [-0.05, 0) is 25.2 Å². The number of thiazole rings is 1. The normalized spacial score (nSPS) is 21.2. The lowest BCUT2D eigenvalue weighted by Crippen LogP contribution is -2.25. The van der Waals surface area contributed by atoms with Gasteiger partial charge in [0.15, 0.2) is 10.8 Å². The Morgan fingerprint density at radius 2 is 2.25 bits per heavy atom. The number of rotatable bonds is 4. The third kappa shape index (κ3) is 2.44. The number of nitrogens with zero attached hydrogens (tertiary/aromatic N) is 3. The van der Waals surface area contributed by atoms with Gasteiger partial charge < -0.3 is 10.6 Å². The van der Waals surface area contributed by atoms with Crippen molar-refractivity contribution < 1.29 is 0 Å². The summed E-state index contributed by atoms with van der Waals surface area (Å²) in [7, 11) is 0. The molecule has 0 aliphatic carbocycles. The Hall–Kier alpha value is -1.07. The Morgan fingerprint density at radius 3 is 2.90 bits per heavy atom. The van der Waals surface area contributed by atoms with Gasteiger partial charge >= 0.3 is 0 Å². The monoisotopic (exact) mass is 292 g/mol. The molecule has 1 saturated heterocycles. The van der Waals surface area contributed by atoms with Gasteiger partial charge in [-0.15, -0.1) is 11.3 Å². The van der Waals surface area contributed by atoms with Gasteiger partial charge in [0.05, 0.1) is 5.69 Å². The Balaban J connectivity index is 1.92. The van der Waals surface area contributed by atoms with E-state index in [1.54, 1.807) is 11.3 Å². The maximum atomic E-state index is 6.03. The van der Waals surface area contributed by atoms with Crippen LogP contribution < -0.4 is 10.6 Å². The summed E-state index contributed by atoms with van der Waals surface area (Å²) in [5.74, 6) is 2.70. The van der Waals surface area contributed by atoms with Crippen LogP contribution in [0.1, 0.15) is 32.9 Å². The number of hydrogen-bond donors (Lipinski definition) is 1. The predicted molar refractivity (Wildman–Crippen MR) is 85.6 cm³/mol. The van der Waals surface area contributed by atoms with E-state index in [0.717, 1.165) is 42.1 Å². The molecule has 5 heteroatoms. The minimum atomic E-state index is 0.164. The molecule has 4 nitrogen and oxygen atoms in total. The molecule has 0 radical (unpaired) electrons. The summed E-state index contributed by atoms with van der Waals surface area (Å²) in [5.41, 5.74) is 7.31. The zero-order valence-electron chi connectivity index (χ0n) is 12.5. The molecular formula is C15H24N4S. The second kappa shape index (κ2) is 5.37. The van der Waals surface area contributed by atoms with Gasteiger partial charge in [-0.3, -0.25) is 4.40 Å². The molecule has 3 heterocycles. The van der Waals surface area contributed by atoms with Gasteiger partial charge in [0, 0.05) is 37.1 Å². The molecule has 20 heavy (non-hydrogen) atoms. The summed E-state index contributed by atoms with van der Waals surface area (Å²) in [6, 6.07) is 0.164. The van der Waals surface area contributed by atoms with Crippen molar-refractivity contribution in [2.75, 3.05) is 18.0 Å². The Kier molecular flexibility index (Phi) is 3.73. The molecule has 2 N–H and O–H groups in total. The van der Waals surface area contributed by atoms with Crippen LogP contribution in [0.4, 0.5) is 5.82 Å². The van der Waals surface area contributed by atoms with E-state index in [0.29, 0.717) is 0 Å². The number of imidazole rings is 1. The highest BCUT2D eigenvalue weighted by Gasteiger charge is 2.29. The van der Waals surface area contributed by atoms with Crippen LogP contribution in [-0.4, -0.2) is 28.5 Å². The molecule has 110 valence electrons. The lowest BCUT2D eigenvalue weighted by atomic mass is 9.95. The van der Waals surface area contributed by atoms with Crippen molar-refractivity contribution in [3.05, 3.63) is 17.3 Å². The van der Waals surface area contributed by atoms with Crippen LogP contribution >= 0.6 is 11.3 Å². The highest BCUT2D eigenvalue weighted by molar-refractivity contribution is 7.15. The highest BCUT2D eigenvalue weighted by Crippen LogP contribution is 2.32. The number of anilines is 1. The van der Waals surface area contributed by atoms with E-state index < -0.39 is 0 Å². The van der Waals surface area contributed by atoms with E-state index in [9.17, 15) is 0 Å². The number of fused-ring (bicyclic) bond motifs is 1. The molecule has 2 aromatic heterocycles. The van der Waals surface area contributed by atoms with Crippen molar-refractivity contribution in [2.45, 2.75) is 39.7 Å². The summed E-state index contributed by atoms with van der Waals surface area (Å²) in [4.78, 5) is 8.40. The molecule has 0 aromatic carbocycles. The average Bonchev–Trinajstić information content (AvgIpc) is 3.04. The first-order valence-electron chi connectivity index (χ1n) is 7.51. The van der Waals surface area contributed by atoms with E-state index >= 15 is 0 Å². The molecule has 0 bridgehead atoms. The fraction of sp³-hybridized carbons (Fsp3) is 0.667. The summed E-state index contributed by atoms with van der Waals surface area (Å²) in [6.45, 7) is 8.97. The first-order chi connectivity index (χ1) is 9.56. The van der Waals surface area contributed by atoms with Crippen molar-refractivity contribution >= 4 is 22.1 Å². The zero-order valence-corrected chi connectivity index (χ0v) is 13.4. The summed E-state index contributed by atoms with van der Waals surface area (Å²) in [6.07, 6.45) is 4.28. The number of nitrogens with two attached hydrogens (primary N) is 1. The smallest absolute Gasteiger partial charge is 0.195 e. The maximum absolute atomic E-state index is 6.03. The second-order valence-electron chi connectivity index (χ2n) is 6.36. The highest BCUT2D eigenvalue weighted by atomic mass is 32.1. The van der Waals surface area contributed by atoms with Gasteiger partial charge in [-0.25, -0.2) is 4.98 Å². The third-order valence-corrected chi connectivity index (χ3v) is 5.08. The Bertz CT molecular complexity index is 584. The van der Waals surface area contributed by atoms with Crippen LogP contribution in [0.3, 0.4) is 0 Å². The molecule has 0 amide bonds. The molecule has 2 atom stereocenters. The molecule has 1 fully saturated rings. The lowest BCUT2D eigenvalue weighted by molar-refractivity contribution is 0.422. The fourth-order valence-electron chi connectivity index (χ4n) is 3.09. The van der Waals surface area contributed by atoms with Crippen LogP contribution in [0.25, 0.3) is 4.96 Å².